The van der Waals surface area contributed by atoms with Gasteiger partial charge in [0.05, 0.1) is 41.8 Å². The number of piperidine rings is 1. The number of nitrogens with two attached hydrogens (primary N) is 1. The summed E-state index contributed by atoms with van der Waals surface area (Å²) in [6.45, 7) is 0.569. The third-order valence-electron chi connectivity index (χ3n) is 5.02. The molecule has 1 amide bonds. The molecule has 162 valence electrons. The van der Waals surface area contributed by atoms with Gasteiger partial charge in [0.2, 0.25) is 5.95 Å². The second-order valence-corrected chi connectivity index (χ2v) is 7.20. The van der Waals surface area contributed by atoms with Crippen LogP contribution in [0.3, 0.4) is 0 Å². The molecular formula is C21H20FN9O. The van der Waals surface area contributed by atoms with Crippen LogP contribution < -0.4 is 21.3 Å². The minimum atomic E-state index is -1.26. The van der Waals surface area contributed by atoms with Crippen LogP contribution in [0.2, 0.25) is 0 Å². The summed E-state index contributed by atoms with van der Waals surface area (Å²) in [5.74, 6) is 0.726. The number of primary amides is 1. The van der Waals surface area contributed by atoms with Crippen LogP contribution in [-0.4, -0.2) is 51.1 Å². The number of nitrogens with zero attached hydrogens (tertiary/aromatic N) is 6. The molecule has 4 rings (SSSR count). The first-order chi connectivity index (χ1) is 15.5. The van der Waals surface area contributed by atoms with Crippen molar-refractivity contribution in [3.63, 3.8) is 0 Å². The molecule has 0 spiro atoms. The molecule has 1 aliphatic heterocycles. The molecule has 4 heterocycles. The van der Waals surface area contributed by atoms with E-state index in [-0.39, 0.29) is 12.1 Å². The fourth-order valence-corrected chi connectivity index (χ4v) is 3.40. The fraction of sp³-hybridized carbons (Fsp3) is 0.238. The lowest BCUT2D eigenvalue weighted by atomic mass is 10.0. The van der Waals surface area contributed by atoms with Crippen LogP contribution in [0.5, 0.6) is 0 Å². The van der Waals surface area contributed by atoms with Gasteiger partial charge in [0, 0.05) is 25.0 Å². The maximum Gasteiger partial charge on any atom is 0.252 e. The molecule has 4 N–H and O–H groups in total. The van der Waals surface area contributed by atoms with Gasteiger partial charge in [0.15, 0.2) is 0 Å². The Kier molecular flexibility index (Phi) is 6.03. The van der Waals surface area contributed by atoms with Gasteiger partial charge in [-0.25, -0.2) is 24.3 Å². The number of hydrogen-bond donors (Lipinski definition) is 3. The summed E-state index contributed by atoms with van der Waals surface area (Å²) in [6, 6.07) is 8.40. The molecule has 0 bridgehead atoms. The number of nitrogens with one attached hydrogen (secondary N) is 2. The van der Waals surface area contributed by atoms with E-state index in [1.807, 2.05) is 12.1 Å². The van der Waals surface area contributed by atoms with Gasteiger partial charge < -0.3 is 21.3 Å². The molecule has 0 saturated carbocycles. The molecule has 0 aromatic carbocycles. The maximum absolute atomic E-state index is 15.0. The van der Waals surface area contributed by atoms with Crippen molar-refractivity contribution in [2.24, 2.45) is 5.73 Å². The van der Waals surface area contributed by atoms with E-state index in [4.69, 9.17) is 11.0 Å². The zero-order valence-corrected chi connectivity index (χ0v) is 16.9. The highest BCUT2D eigenvalue weighted by Gasteiger charge is 2.31. The number of nitriles is 1. The molecule has 10 nitrogen and oxygen atoms in total. The van der Waals surface area contributed by atoms with E-state index in [0.717, 1.165) is 0 Å². The lowest BCUT2D eigenvalue weighted by molar-refractivity contribution is 0.100. The number of aromatic nitrogens is 4. The number of amides is 1. The minimum absolute atomic E-state index is 0.0690. The van der Waals surface area contributed by atoms with Gasteiger partial charge in [-0.1, -0.05) is 6.07 Å². The summed E-state index contributed by atoms with van der Waals surface area (Å²) < 4.78 is 15.0. The van der Waals surface area contributed by atoms with E-state index in [2.05, 4.69) is 30.6 Å². The van der Waals surface area contributed by atoms with Crippen molar-refractivity contribution < 1.29 is 9.18 Å². The van der Waals surface area contributed by atoms with Crippen LogP contribution in [0.15, 0.2) is 49.1 Å². The van der Waals surface area contributed by atoms with Crippen LogP contribution >= 0.6 is 0 Å². The number of alkyl halides is 1. The molecule has 1 fully saturated rings. The van der Waals surface area contributed by atoms with Gasteiger partial charge in [0.25, 0.3) is 5.91 Å². The Morgan fingerprint density at radius 2 is 2.00 bits per heavy atom. The molecule has 1 saturated heterocycles. The van der Waals surface area contributed by atoms with E-state index >= 15 is 4.39 Å². The van der Waals surface area contributed by atoms with E-state index < -0.39 is 18.1 Å². The lowest BCUT2D eigenvalue weighted by Gasteiger charge is -2.35. The molecule has 0 aliphatic carbocycles. The van der Waals surface area contributed by atoms with Crippen LogP contribution in [0.25, 0.3) is 0 Å². The second kappa shape index (κ2) is 9.22. The fourth-order valence-electron chi connectivity index (χ4n) is 3.40. The zero-order chi connectivity index (χ0) is 22.5. The summed E-state index contributed by atoms with van der Waals surface area (Å²) in [4.78, 5) is 30.2. The van der Waals surface area contributed by atoms with Crippen molar-refractivity contribution in [1.82, 2.24) is 19.9 Å². The summed E-state index contributed by atoms with van der Waals surface area (Å²) in [5.41, 5.74) is 6.39. The van der Waals surface area contributed by atoms with Crippen molar-refractivity contribution in [3.8, 4) is 6.07 Å². The monoisotopic (exact) mass is 433 g/mol. The average Bonchev–Trinajstić information content (AvgIpc) is 2.81. The molecular weight excluding hydrogens is 413 g/mol. The first-order valence-electron chi connectivity index (χ1n) is 9.89. The average molecular weight is 433 g/mol. The Morgan fingerprint density at radius 3 is 2.66 bits per heavy atom. The van der Waals surface area contributed by atoms with Crippen molar-refractivity contribution in [1.29, 1.82) is 5.26 Å². The standard InChI is InChI=1S/C21H20FN9O/c22-15-12-31(21-27-9-13(8-23)10-28-21)6-4-16(15)29-17-7-19(26-11-14(17)20(24)32)30-18-3-1-2-5-25-18/h1-3,5,7,9-11,15-16H,4,6,12H2,(H2,24,32)(H2,25,26,29,30)/t15-,16-/m1/s1. The zero-order valence-electron chi connectivity index (χ0n) is 16.9. The lowest BCUT2D eigenvalue weighted by Crippen LogP contribution is -2.48. The highest BCUT2D eigenvalue weighted by molar-refractivity contribution is 5.98. The third-order valence-corrected chi connectivity index (χ3v) is 5.02. The predicted molar refractivity (Wildman–Crippen MR) is 116 cm³/mol. The van der Waals surface area contributed by atoms with Gasteiger partial charge in [0.1, 0.15) is 23.9 Å². The van der Waals surface area contributed by atoms with Crippen molar-refractivity contribution >= 4 is 29.2 Å². The van der Waals surface area contributed by atoms with Gasteiger partial charge >= 0.3 is 0 Å². The van der Waals surface area contributed by atoms with Gasteiger partial charge in [-0.05, 0) is 18.6 Å². The Hall–Kier alpha value is -4.33. The maximum atomic E-state index is 15.0. The van der Waals surface area contributed by atoms with Crippen LogP contribution in [0.1, 0.15) is 22.3 Å². The van der Waals surface area contributed by atoms with Crippen molar-refractivity contribution in [2.45, 2.75) is 18.6 Å². The van der Waals surface area contributed by atoms with Gasteiger partial charge in [-0.2, -0.15) is 5.26 Å². The molecule has 3 aromatic rings. The Balaban J connectivity index is 1.48. The largest absolute Gasteiger partial charge is 0.378 e. The van der Waals surface area contributed by atoms with Gasteiger partial charge in [-0.15, -0.1) is 0 Å². The first-order valence-corrected chi connectivity index (χ1v) is 9.89. The molecule has 11 heteroatoms. The highest BCUT2D eigenvalue weighted by Crippen LogP contribution is 2.26. The van der Waals surface area contributed by atoms with Crippen molar-refractivity contribution in [3.05, 3.63) is 60.2 Å². The van der Waals surface area contributed by atoms with E-state index in [1.165, 1.54) is 18.6 Å². The second-order valence-electron chi connectivity index (χ2n) is 7.20. The quantitative estimate of drug-likeness (QED) is 0.531. The molecule has 2 atom stereocenters. The predicted octanol–water partition coefficient (Wildman–Crippen LogP) is 2.01. The number of hydrogen-bond acceptors (Lipinski definition) is 9. The van der Waals surface area contributed by atoms with Crippen molar-refractivity contribution in [2.75, 3.05) is 28.6 Å². The van der Waals surface area contributed by atoms with Crippen LogP contribution in [0, 0.1) is 11.3 Å². The SMILES string of the molecule is N#Cc1cnc(N2CC[C@@H](Nc3cc(Nc4ccccn4)ncc3C(N)=O)[C@H](F)C2)nc1. The third kappa shape index (κ3) is 4.70. The number of anilines is 4. The Morgan fingerprint density at radius 1 is 1.19 bits per heavy atom. The summed E-state index contributed by atoms with van der Waals surface area (Å²) in [5, 5.41) is 15.0. The minimum Gasteiger partial charge on any atom is -0.378 e. The molecule has 1 aliphatic rings. The highest BCUT2D eigenvalue weighted by atomic mass is 19.1. The summed E-state index contributed by atoms with van der Waals surface area (Å²) in [6.07, 6.45) is 4.98. The summed E-state index contributed by atoms with van der Waals surface area (Å²) >= 11 is 0. The van der Waals surface area contributed by atoms with E-state index in [0.29, 0.717) is 41.8 Å². The van der Waals surface area contributed by atoms with Crippen LogP contribution in [-0.2, 0) is 0 Å². The molecule has 32 heavy (non-hydrogen) atoms. The van der Waals surface area contributed by atoms with E-state index in [1.54, 1.807) is 29.3 Å². The van der Waals surface area contributed by atoms with Crippen LogP contribution in [0.4, 0.5) is 27.7 Å². The first kappa shape index (κ1) is 20.9. The number of pyridine rings is 2. The van der Waals surface area contributed by atoms with Gasteiger partial charge in [-0.3, -0.25) is 4.79 Å². The number of halogens is 1. The number of carbonyl (C=O) groups excluding carboxylic acids is 1. The molecule has 0 unspecified atom stereocenters. The van der Waals surface area contributed by atoms with E-state index in [9.17, 15) is 4.79 Å². The summed E-state index contributed by atoms with van der Waals surface area (Å²) in [7, 11) is 0. The Bertz CT molecular complexity index is 1130. The topological polar surface area (TPSA) is 146 Å². The normalized spacial score (nSPS) is 17.9. The molecule has 0 radical (unpaired) electrons. The smallest absolute Gasteiger partial charge is 0.252 e. The Labute approximate surface area is 183 Å². The number of rotatable bonds is 6. The number of carbonyl (C=O) groups is 1. The molecule has 3 aromatic heterocycles.